The molecule has 1 amide bonds. The zero-order valence-electron chi connectivity index (χ0n) is 10.9. The second kappa shape index (κ2) is 6.98. The minimum atomic E-state index is -1.35. The molecule has 0 spiro atoms. The largest absolute Gasteiger partial charge is 0.480 e. The first-order valence-electron chi connectivity index (χ1n) is 5.70. The average Bonchev–Trinajstić information content (AvgIpc) is 2.45. The lowest BCUT2D eigenvalue weighted by atomic mass is 10.1. The predicted molar refractivity (Wildman–Crippen MR) is 68.4 cm³/mol. The molecule has 9 heteroatoms. The van der Waals surface area contributed by atoms with E-state index in [1.54, 1.807) is 0 Å². The van der Waals surface area contributed by atoms with Crippen molar-refractivity contribution >= 4 is 23.5 Å². The Morgan fingerprint density at radius 3 is 2.33 bits per heavy atom. The van der Waals surface area contributed by atoms with Crippen LogP contribution in [0.4, 0.5) is 5.69 Å². The van der Waals surface area contributed by atoms with E-state index in [2.05, 4.69) is 4.74 Å². The number of esters is 1. The predicted octanol–water partition coefficient (Wildman–Crippen LogP) is -0.120. The van der Waals surface area contributed by atoms with Crippen molar-refractivity contribution in [3.63, 3.8) is 0 Å². The summed E-state index contributed by atoms with van der Waals surface area (Å²) in [5, 5.41) is 21.5. The van der Waals surface area contributed by atoms with Crippen LogP contribution in [-0.4, -0.2) is 41.0 Å². The van der Waals surface area contributed by atoms with Crippen LogP contribution in [0.2, 0.25) is 0 Å². The summed E-state index contributed by atoms with van der Waals surface area (Å²) in [5.74, 6) is -3.72. The highest BCUT2D eigenvalue weighted by Gasteiger charge is 2.24. The fourth-order valence-electron chi connectivity index (χ4n) is 1.50. The first-order chi connectivity index (χ1) is 9.85. The normalized spacial score (nSPS) is 11.3. The van der Waals surface area contributed by atoms with Gasteiger partial charge in [-0.2, -0.15) is 0 Å². The van der Waals surface area contributed by atoms with Crippen LogP contribution in [0, 0.1) is 10.1 Å². The van der Waals surface area contributed by atoms with Gasteiger partial charge in [-0.05, 0) is 5.56 Å². The summed E-state index contributed by atoms with van der Waals surface area (Å²) in [4.78, 5) is 43.2. The van der Waals surface area contributed by atoms with Crippen LogP contribution in [0.1, 0.15) is 5.56 Å². The molecule has 0 aromatic heterocycles. The topological polar surface area (TPSA) is 136 Å². The molecule has 2 N–H and O–H groups in total. The standard InChI is InChI=1S/C12H12N2O7/c1-21-12(18)10(15)13-9(11(16)17)6-7-2-4-8(5-3-7)14(19)20/h2-5,9H,6H2,1H3,(H,13,15)(H,16,17). The Bertz CT molecular complexity index is 567. The fourth-order valence-corrected chi connectivity index (χ4v) is 1.50. The van der Waals surface area contributed by atoms with Crippen molar-refractivity contribution < 1.29 is 29.2 Å². The molecule has 0 aliphatic heterocycles. The lowest BCUT2D eigenvalue weighted by Gasteiger charge is -2.13. The van der Waals surface area contributed by atoms with Crippen LogP contribution in [0.3, 0.4) is 0 Å². The number of ether oxygens (including phenoxy) is 1. The number of benzene rings is 1. The molecule has 0 saturated carbocycles. The van der Waals surface area contributed by atoms with E-state index in [0.717, 1.165) is 7.11 Å². The minimum absolute atomic E-state index is 0.129. The molecule has 1 rings (SSSR count). The molecule has 112 valence electrons. The quantitative estimate of drug-likeness (QED) is 0.334. The Morgan fingerprint density at radius 1 is 1.33 bits per heavy atom. The lowest BCUT2D eigenvalue weighted by molar-refractivity contribution is -0.384. The number of amides is 1. The van der Waals surface area contributed by atoms with Crippen molar-refractivity contribution in [1.82, 2.24) is 5.32 Å². The smallest absolute Gasteiger partial charge is 0.396 e. The maximum Gasteiger partial charge on any atom is 0.396 e. The highest BCUT2D eigenvalue weighted by Crippen LogP contribution is 2.13. The maximum absolute atomic E-state index is 11.3. The number of hydrogen-bond donors (Lipinski definition) is 2. The zero-order valence-corrected chi connectivity index (χ0v) is 10.9. The number of methoxy groups -OCH3 is 1. The summed E-state index contributed by atoms with van der Waals surface area (Å²) in [6.07, 6.45) is -0.129. The summed E-state index contributed by atoms with van der Waals surface area (Å²) < 4.78 is 4.17. The van der Waals surface area contributed by atoms with E-state index in [4.69, 9.17) is 5.11 Å². The molecule has 1 aromatic rings. The van der Waals surface area contributed by atoms with Crippen molar-refractivity contribution in [2.24, 2.45) is 0 Å². The average molecular weight is 296 g/mol. The Balaban J connectivity index is 2.79. The molecule has 0 bridgehead atoms. The number of carbonyl (C=O) groups excluding carboxylic acids is 2. The van der Waals surface area contributed by atoms with Crippen LogP contribution in [0.15, 0.2) is 24.3 Å². The number of nitrogens with one attached hydrogen (secondary N) is 1. The van der Waals surface area contributed by atoms with Gasteiger partial charge in [-0.15, -0.1) is 0 Å². The van der Waals surface area contributed by atoms with Gasteiger partial charge in [-0.3, -0.25) is 14.9 Å². The van der Waals surface area contributed by atoms with Gasteiger partial charge in [-0.1, -0.05) is 12.1 Å². The molecule has 0 heterocycles. The SMILES string of the molecule is COC(=O)C(=O)NC(Cc1ccc([N+](=O)[O-])cc1)C(=O)O. The van der Waals surface area contributed by atoms with E-state index in [9.17, 15) is 24.5 Å². The van der Waals surface area contributed by atoms with E-state index in [-0.39, 0.29) is 12.1 Å². The van der Waals surface area contributed by atoms with Crippen molar-refractivity contribution in [3.8, 4) is 0 Å². The van der Waals surface area contributed by atoms with Crippen molar-refractivity contribution in [3.05, 3.63) is 39.9 Å². The van der Waals surface area contributed by atoms with Gasteiger partial charge in [0, 0.05) is 18.6 Å². The third-order valence-electron chi connectivity index (χ3n) is 2.56. The molecular weight excluding hydrogens is 284 g/mol. The van der Waals surface area contributed by atoms with Gasteiger partial charge < -0.3 is 15.2 Å². The van der Waals surface area contributed by atoms with Gasteiger partial charge in [0.05, 0.1) is 12.0 Å². The number of nitrogens with zero attached hydrogens (tertiary/aromatic N) is 1. The van der Waals surface area contributed by atoms with Crippen LogP contribution in [-0.2, 0) is 25.5 Å². The van der Waals surface area contributed by atoms with Gasteiger partial charge in [0.15, 0.2) is 0 Å². The Kier molecular flexibility index (Phi) is 5.35. The maximum atomic E-state index is 11.3. The second-order valence-electron chi connectivity index (χ2n) is 3.98. The number of carboxylic acid groups (broad SMARTS) is 1. The van der Waals surface area contributed by atoms with Crippen molar-refractivity contribution in [1.29, 1.82) is 0 Å². The zero-order chi connectivity index (χ0) is 16.0. The van der Waals surface area contributed by atoms with Gasteiger partial charge in [0.1, 0.15) is 6.04 Å². The van der Waals surface area contributed by atoms with Crippen molar-refractivity contribution in [2.45, 2.75) is 12.5 Å². The molecule has 0 aliphatic carbocycles. The molecule has 0 radical (unpaired) electrons. The third-order valence-corrected chi connectivity index (χ3v) is 2.56. The van der Waals surface area contributed by atoms with Crippen LogP contribution < -0.4 is 5.32 Å². The molecule has 9 nitrogen and oxygen atoms in total. The molecule has 0 aliphatic rings. The Morgan fingerprint density at radius 2 is 1.90 bits per heavy atom. The summed E-state index contributed by atoms with van der Waals surface area (Å²) in [6, 6.07) is 3.83. The van der Waals surface area contributed by atoms with Crippen LogP contribution in [0.25, 0.3) is 0 Å². The number of hydrogen-bond acceptors (Lipinski definition) is 6. The Labute approximate surface area is 118 Å². The summed E-state index contributed by atoms with van der Waals surface area (Å²) >= 11 is 0. The fraction of sp³-hybridized carbons (Fsp3) is 0.250. The molecule has 1 aromatic carbocycles. The third kappa shape index (κ3) is 4.56. The summed E-state index contributed by atoms with van der Waals surface area (Å²) in [7, 11) is 0.994. The lowest BCUT2D eigenvalue weighted by Crippen LogP contribution is -2.45. The summed E-state index contributed by atoms with van der Waals surface area (Å²) in [5.41, 5.74) is 0.322. The molecular formula is C12H12N2O7. The number of non-ortho nitro benzene ring substituents is 1. The first kappa shape index (κ1) is 16.1. The molecule has 21 heavy (non-hydrogen) atoms. The monoisotopic (exact) mass is 296 g/mol. The van der Waals surface area contributed by atoms with Crippen molar-refractivity contribution in [2.75, 3.05) is 7.11 Å². The van der Waals surface area contributed by atoms with E-state index in [0.29, 0.717) is 5.56 Å². The van der Waals surface area contributed by atoms with Gasteiger partial charge in [-0.25, -0.2) is 9.59 Å². The van der Waals surface area contributed by atoms with E-state index in [1.165, 1.54) is 24.3 Å². The number of rotatable bonds is 5. The van der Waals surface area contributed by atoms with Gasteiger partial charge in [0.25, 0.3) is 5.69 Å². The summed E-state index contributed by atoms with van der Waals surface area (Å²) in [6.45, 7) is 0. The number of aliphatic carboxylic acids is 1. The Hall–Kier alpha value is -2.97. The molecule has 0 saturated heterocycles. The molecule has 1 unspecified atom stereocenters. The first-order valence-corrected chi connectivity index (χ1v) is 5.70. The van der Waals surface area contributed by atoms with Crippen LogP contribution >= 0.6 is 0 Å². The number of carboxylic acids is 1. The van der Waals surface area contributed by atoms with Gasteiger partial charge in [0.2, 0.25) is 0 Å². The van der Waals surface area contributed by atoms with E-state index >= 15 is 0 Å². The highest BCUT2D eigenvalue weighted by atomic mass is 16.6. The minimum Gasteiger partial charge on any atom is -0.480 e. The highest BCUT2D eigenvalue weighted by molar-refractivity contribution is 6.32. The van der Waals surface area contributed by atoms with E-state index < -0.39 is 28.8 Å². The molecule has 1 atom stereocenters. The number of nitro groups is 1. The van der Waals surface area contributed by atoms with E-state index in [1.807, 2.05) is 5.32 Å². The second-order valence-corrected chi connectivity index (χ2v) is 3.98. The number of carbonyl (C=O) groups is 3. The molecule has 0 fully saturated rings. The van der Waals surface area contributed by atoms with Crippen LogP contribution in [0.5, 0.6) is 0 Å². The number of nitro benzene ring substituents is 1. The van der Waals surface area contributed by atoms with Gasteiger partial charge >= 0.3 is 17.8 Å².